The minimum absolute atomic E-state index is 0.0374. The standard InChI is InChI=1S/C19H21FN4O4S3/c1-12(2)16-15(11-31(27,28)19-21-9-10-29-19)17(13-5-7-14(20)8-6-13)23-18(22-16)24(3)30(4,25)26/h5-10,12H,11H2,1-4H3. The average Bonchev–Trinajstić information content (AvgIpc) is 3.23. The molecule has 0 spiro atoms. The van der Waals surface area contributed by atoms with Crippen molar-refractivity contribution in [1.82, 2.24) is 15.0 Å². The van der Waals surface area contributed by atoms with Gasteiger partial charge in [0, 0.05) is 29.8 Å². The van der Waals surface area contributed by atoms with Gasteiger partial charge in [-0.25, -0.2) is 40.5 Å². The van der Waals surface area contributed by atoms with E-state index in [9.17, 15) is 21.2 Å². The molecule has 0 bridgehead atoms. The van der Waals surface area contributed by atoms with E-state index in [1.165, 1.54) is 37.5 Å². The first-order chi connectivity index (χ1) is 14.4. The van der Waals surface area contributed by atoms with Crippen LogP contribution in [0, 0.1) is 5.82 Å². The topological polar surface area (TPSA) is 110 Å². The molecule has 3 rings (SSSR count). The maximum atomic E-state index is 13.5. The first-order valence-electron chi connectivity index (χ1n) is 9.13. The first-order valence-corrected chi connectivity index (χ1v) is 13.5. The third kappa shape index (κ3) is 5.08. The fraction of sp³-hybridized carbons (Fsp3) is 0.316. The Balaban J connectivity index is 2.30. The molecule has 0 unspecified atom stereocenters. The molecule has 2 aromatic heterocycles. The van der Waals surface area contributed by atoms with Crippen molar-refractivity contribution in [2.75, 3.05) is 17.6 Å². The van der Waals surface area contributed by atoms with Crippen LogP contribution in [-0.4, -0.2) is 45.1 Å². The van der Waals surface area contributed by atoms with Gasteiger partial charge in [-0.2, -0.15) is 0 Å². The van der Waals surface area contributed by atoms with Gasteiger partial charge in [0.15, 0.2) is 0 Å². The van der Waals surface area contributed by atoms with Crippen molar-refractivity contribution in [1.29, 1.82) is 0 Å². The molecule has 1 aromatic carbocycles. The summed E-state index contributed by atoms with van der Waals surface area (Å²) in [6, 6.07) is 5.38. The normalized spacial score (nSPS) is 12.3. The number of sulfonamides is 1. The van der Waals surface area contributed by atoms with Crippen molar-refractivity contribution >= 4 is 37.1 Å². The third-order valence-electron chi connectivity index (χ3n) is 4.48. The van der Waals surface area contributed by atoms with Crippen LogP contribution in [0.3, 0.4) is 0 Å². The zero-order valence-electron chi connectivity index (χ0n) is 17.3. The zero-order chi connectivity index (χ0) is 23.0. The molecular weight excluding hydrogens is 463 g/mol. The molecule has 8 nitrogen and oxygen atoms in total. The molecule has 31 heavy (non-hydrogen) atoms. The smallest absolute Gasteiger partial charge is 0.239 e. The molecule has 2 heterocycles. The van der Waals surface area contributed by atoms with Crippen LogP contribution < -0.4 is 4.31 Å². The summed E-state index contributed by atoms with van der Waals surface area (Å²) in [7, 11) is -6.16. The molecule has 0 aliphatic carbocycles. The minimum atomic E-state index is -3.80. The monoisotopic (exact) mass is 484 g/mol. The number of anilines is 1. The average molecular weight is 485 g/mol. The van der Waals surface area contributed by atoms with Gasteiger partial charge >= 0.3 is 0 Å². The van der Waals surface area contributed by atoms with Crippen LogP contribution in [0.15, 0.2) is 40.2 Å². The van der Waals surface area contributed by atoms with E-state index in [-0.39, 0.29) is 21.9 Å². The maximum Gasteiger partial charge on any atom is 0.239 e. The van der Waals surface area contributed by atoms with Crippen molar-refractivity contribution in [3.8, 4) is 11.3 Å². The van der Waals surface area contributed by atoms with Crippen molar-refractivity contribution < 1.29 is 21.2 Å². The number of rotatable bonds is 7. The maximum absolute atomic E-state index is 13.5. The van der Waals surface area contributed by atoms with Gasteiger partial charge in [-0.05, 0) is 30.2 Å². The van der Waals surface area contributed by atoms with E-state index in [4.69, 9.17) is 0 Å². The highest BCUT2D eigenvalue weighted by atomic mass is 32.2. The van der Waals surface area contributed by atoms with Gasteiger partial charge in [-0.1, -0.05) is 13.8 Å². The number of hydrogen-bond donors (Lipinski definition) is 0. The van der Waals surface area contributed by atoms with Crippen molar-refractivity contribution in [3.05, 3.63) is 52.9 Å². The van der Waals surface area contributed by atoms with E-state index < -0.39 is 31.4 Å². The number of sulfone groups is 1. The Morgan fingerprint density at radius 3 is 2.26 bits per heavy atom. The van der Waals surface area contributed by atoms with Crippen LogP contribution >= 0.6 is 11.3 Å². The molecule has 12 heteroatoms. The molecule has 0 saturated carbocycles. The van der Waals surface area contributed by atoms with Crippen molar-refractivity contribution in [3.63, 3.8) is 0 Å². The van der Waals surface area contributed by atoms with E-state index >= 15 is 0 Å². The van der Waals surface area contributed by atoms with E-state index in [0.29, 0.717) is 16.8 Å². The van der Waals surface area contributed by atoms with E-state index in [2.05, 4.69) is 15.0 Å². The largest absolute Gasteiger partial charge is 0.241 e. The van der Waals surface area contributed by atoms with E-state index in [1.807, 2.05) is 13.8 Å². The fourth-order valence-electron chi connectivity index (χ4n) is 2.86. The summed E-state index contributed by atoms with van der Waals surface area (Å²) in [6.45, 7) is 3.64. The highest BCUT2D eigenvalue weighted by molar-refractivity contribution is 7.92. The van der Waals surface area contributed by atoms with Crippen LogP contribution in [0.2, 0.25) is 0 Å². The summed E-state index contributed by atoms with van der Waals surface area (Å²) in [6.07, 6.45) is 2.42. The SMILES string of the molecule is CC(C)c1nc(N(C)S(C)(=O)=O)nc(-c2ccc(F)cc2)c1CS(=O)(=O)c1nccs1. The molecular formula is C19H21FN4O4S3. The minimum Gasteiger partial charge on any atom is -0.241 e. The molecule has 0 N–H and O–H groups in total. The Morgan fingerprint density at radius 2 is 1.74 bits per heavy atom. The molecule has 166 valence electrons. The molecule has 0 aliphatic heterocycles. The highest BCUT2D eigenvalue weighted by Gasteiger charge is 2.28. The quantitative estimate of drug-likeness (QED) is 0.506. The van der Waals surface area contributed by atoms with Gasteiger partial charge in [-0.15, -0.1) is 11.3 Å². The second-order valence-electron chi connectivity index (χ2n) is 7.19. The van der Waals surface area contributed by atoms with Gasteiger partial charge in [0.25, 0.3) is 0 Å². The highest BCUT2D eigenvalue weighted by Crippen LogP contribution is 2.33. The molecule has 0 atom stereocenters. The van der Waals surface area contributed by atoms with Crippen LogP contribution in [0.4, 0.5) is 10.3 Å². The summed E-state index contributed by atoms with van der Waals surface area (Å²) in [5.41, 5.74) is 1.38. The van der Waals surface area contributed by atoms with Crippen LogP contribution in [-0.2, 0) is 25.6 Å². The molecule has 0 aliphatic rings. The van der Waals surface area contributed by atoms with Crippen molar-refractivity contribution in [2.45, 2.75) is 29.9 Å². The number of thiazole rings is 1. The molecule has 0 radical (unpaired) electrons. The van der Waals surface area contributed by atoms with Gasteiger partial charge in [-0.3, -0.25) is 0 Å². The van der Waals surface area contributed by atoms with Gasteiger partial charge in [0.2, 0.25) is 30.1 Å². The summed E-state index contributed by atoms with van der Waals surface area (Å²) in [5.74, 6) is -1.23. The molecule has 0 fully saturated rings. The van der Waals surface area contributed by atoms with Gasteiger partial charge in [0.1, 0.15) is 5.82 Å². The predicted molar refractivity (Wildman–Crippen MR) is 118 cm³/mol. The Morgan fingerprint density at radius 1 is 1.10 bits per heavy atom. The van der Waals surface area contributed by atoms with Crippen LogP contribution in [0.5, 0.6) is 0 Å². The number of benzene rings is 1. The fourth-order valence-corrected chi connectivity index (χ4v) is 5.54. The molecule has 0 amide bonds. The van der Waals surface area contributed by atoms with Crippen LogP contribution in [0.1, 0.15) is 31.0 Å². The molecule has 3 aromatic rings. The second kappa shape index (κ2) is 8.60. The number of halogens is 1. The lowest BCUT2D eigenvalue weighted by molar-refractivity contribution is 0.592. The summed E-state index contributed by atoms with van der Waals surface area (Å²) in [5, 5.41) is 1.57. The second-order valence-corrected chi connectivity index (χ2v) is 12.3. The van der Waals surface area contributed by atoms with Crippen LogP contribution in [0.25, 0.3) is 11.3 Å². The summed E-state index contributed by atoms with van der Waals surface area (Å²) >= 11 is 1.00. The van der Waals surface area contributed by atoms with E-state index in [1.54, 1.807) is 5.38 Å². The predicted octanol–water partition coefficient (Wildman–Crippen LogP) is 3.23. The Kier molecular flexibility index (Phi) is 6.44. The Labute approximate surface area is 184 Å². The molecule has 0 saturated heterocycles. The first kappa shape index (κ1) is 23.2. The third-order valence-corrected chi connectivity index (χ3v) is 8.56. The van der Waals surface area contributed by atoms with Gasteiger partial charge in [0.05, 0.1) is 23.4 Å². The van der Waals surface area contributed by atoms with Crippen molar-refractivity contribution in [2.24, 2.45) is 0 Å². The lowest BCUT2D eigenvalue weighted by Gasteiger charge is -2.21. The zero-order valence-corrected chi connectivity index (χ0v) is 19.7. The lowest BCUT2D eigenvalue weighted by Crippen LogP contribution is -2.28. The summed E-state index contributed by atoms with van der Waals surface area (Å²) < 4.78 is 64.5. The summed E-state index contributed by atoms with van der Waals surface area (Å²) in [4.78, 5) is 12.7. The Bertz CT molecular complexity index is 1290. The van der Waals surface area contributed by atoms with E-state index in [0.717, 1.165) is 21.9 Å². The number of hydrogen-bond acceptors (Lipinski definition) is 8. The van der Waals surface area contributed by atoms with Gasteiger partial charge < -0.3 is 0 Å². The lowest BCUT2D eigenvalue weighted by atomic mass is 9.99. The number of aromatic nitrogens is 3. The Hall–Kier alpha value is -2.44. The number of nitrogens with zero attached hydrogens (tertiary/aromatic N) is 4.